The average Bonchev–Trinajstić information content (AvgIpc) is 3.16. The molecule has 0 bridgehead atoms. The Bertz CT molecular complexity index is 560. The van der Waals surface area contributed by atoms with Crippen LogP contribution in [0, 0.1) is 6.92 Å². The van der Waals surface area contributed by atoms with E-state index in [1.807, 2.05) is 6.92 Å². The van der Waals surface area contributed by atoms with Gasteiger partial charge in [-0.25, -0.2) is 0 Å². The molecule has 0 aliphatic carbocycles. The van der Waals surface area contributed by atoms with Gasteiger partial charge in [0, 0.05) is 0 Å². The molecule has 0 unspecified atom stereocenters. The quantitative estimate of drug-likeness (QED) is 0.441. The highest BCUT2D eigenvalue weighted by molar-refractivity contribution is 7.86. The van der Waals surface area contributed by atoms with E-state index in [4.69, 9.17) is 8.92 Å². The molecule has 1 fully saturated rings. The minimum atomic E-state index is -3.68. The molecule has 1 aromatic rings. The van der Waals surface area contributed by atoms with Crippen molar-refractivity contribution in [2.45, 2.75) is 43.8 Å². The van der Waals surface area contributed by atoms with Gasteiger partial charge in [-0.2, -0.15) is 8.42 Å². The number of ether oxygens (including phenoxy) is 1. The predicted octanol–water partition coefficient (Wildman–Crippen LogP) is 2.82. The molecule has 2 atom stereocenters. The first-order valence-electron chi connectivity index (χ1n) is 6.79. The van der Waals surface area contributed by atoms with Crippen LogP contribution < -0.4 is 0 Å². The summed E-state index contributed by atoms with van der Waals surface area (Å²) in [5.41, 5.74) is 1.01. The summed E-state index contributed by atoms with van der Waals surface area (Å²) >= 11 is 0. The third kappa shape index (κ3) is 4.16. The molecular formula is C15H20O4S. The second-order valence-electron chi connectivity index (χ2n) is 4.88. The number of allylic oxidation sites excluding steroid dienone is 1. The zero-order chi connectivity index (χ0) is 14.6. The van der Waals surface area contributed by atoms with E-state index in [-0.39, 0.29) is 23.7 Å². The van der Waals surface area contributed by atoms with Crippen LogP contribution in [0.1, 0.15) is 25.3 Å². The van der Waals surface area contributed by atoms with Gasteiger partial charge in [0.05, 0.1) is 17.6 Å². The first-order valence-corrected chi connectivity index (χ1v) is 8.20. The molecule has 1 aliphatic heterocycles. The number of hydrogen-bond acceptors (Lipinski definition) is 4. The SMILES string of the molecule is CC/C=C\C[C@H]1O[C@H]1COS(=O)(=O)c1ccc(C)cc1. The molecular weight excluding hydrogens is 276 g/mol. The molecule has 0 N–H and O–H groups in total. The van der Waals surface area contributed by atoms with Crippen LogP contribution in [0.4, 0.5) is 0 Å². The van der Waals surface area contributed by atoms with Crippen LogP contribution in [0.25, 0.3) is 0 Å². The first kappa shape index (κ1) is 15.2. The zero-order valence-corrected chi connectivity index (χ0v) is 12.6. The molecule has 0 radical (unpaired) electrons. The summed E-state index contributed by atoms with van der Waals surface area (Å²) in [6.45, 7) is 4.06. The smallest absolute Gasteiger partial charge is 0.297 e. The second-order valence-corrected chi connectivity index (χ2v) is 6.50. The Balaban J connectivity index is 1.82. The van der Waals surface area contributed by atoms with Crippen molar-refractivity contribution in [3.8, 4) is 0 Å². The Hall–Kier alpha value is -1.17. The molecule has 1 heterocycles. The lowest BCUT2D eigenvalue weighted by atomic mass is 10.2. The Morgan fingerprint density at radius 1 is 1.20 bits per heavy atom. The van der Waals surface area contributed by atoms with E-state index in [0.29, 0.717) is 0 Å². The van der Waals surface area contributed by atoms with Crippen LogP contribution in [0.3, 0.4) is 0 Å². The van der Waals surface area contributed by atoms with Gasteiger partial charge in [0.15, 0.2) is 0 Å². The van der Waals surface area contributed by atoms with Crippen molar-refractivity contribution < 1.29 is 17.3 Å². The predicted molar refractivity (Wildman–Crippen MR) is 77.0 cm³/mol. The van der Waals surface area contributed by atoms with Crippen molar-refractivity contribution in [3.05, 3.63) is 42.0 Å². The van der Waals surface area contributed by atoms with Gasteiger partial charge in [0.25, 0.3) is 10.1 Å². The van der Waals surface area contributed by atoms with E-state index in [2.05, 4.69) is 19.1 Å². The topological polar surface area (TPSA) is 55.9 Å². The zero-order valence-electron chi connectivity index (χ0n) is 11.8. The van der Waals surface area contributed by atoms with Gasteiger partial charge >= 0.3 is 0 Å². The van der Waals surface area contributed by atoms with E-state index in [0.717, 1.165) is 18.4 Å². The lowest BCUT2D eigenvalue weighted by Crippen LogP contribution is -2.12. The van der Waals surface area contributed by atoms with Crippen LogP contribution in [0.15, 0.2) is 41.3 Å². The van der Waals surface area contributed by atoms with Gasteiger partial charge in [-0.05, 0) is 31.9 Å². The van der Waals surface area contributed by atoms with Crippen molar-refractivity contribution in [2.24, 2.45) is 0 Å². The van der Waals surface area contributed by atoms with Crippen molar-refractivity contribution in [1.82, 2.24) is 0 Å². The van der Waals surface area contributed by atoms with Gasteiger partial charge in [-0.1, -0.05) is 36.8 Å². The maximum atomic E-state index is 12.0. The summed E-state index contributed by atoms with van der Waals surface area (Å²) in [5, 5.41) is 0. The number of epoxide rings is 1. The minimum absolute atomic E-state index is 0.0842. The number of aryl methyl sites for hydroxylation is 1. The lowest BCUT2D eigenvalue weighted by Gasteiger charge is -2.04. The van der Waals surface area contributed by atoms with Crippen molar-refractivity contribution >= 4 is 10.1 Å². The van der Waals surface area contributed by atoms with Crippen LogP contribution in [0.2, 0.25) is 0 Å². The average molecular weight is 296 g/mol. The summed E-state index contributed by atoms with van der Waals surface area (Å²) in [5.74, 6) is 0. The van der Waals surface area contributed by atoms with Crippen LogP contribution >= 0.6 is 0 Å². The van der Waals surface area contributed by atoms with Crippen molar-refractivity contribution in [1.29, 1.82) is 0 Å². The Morgan fingerprint density at radius 3 is 2.55 bits per heavy atom. The Kier molecular flexibility index (Phi) is 4.96. The highest BCUT2D eigenvalue weighted by Crippen LogP contribution is 2.27. The molecule has 0 saturated carbocycles. The summed E-state index contributed by atoms with van der Waals surface area (Å²) in [6.07, 6.45) is 5.91. The highest BCUT2D eigenvalue weighted by atomic mass is 32.2. The molecule has 1 aromatic carbocycles. The Morgan fingerprint density at radius 2 is 1.90 bits per heavy atom. The minimum Gasteiger partial charge on any atom is -0.367 e. The largest absolute Gasteiger partial charge is 0.367 e. The van der Waals surface area contributed by atoms with E-state index in [1.165, 1.54) is 0 Å². The third-order valence-electron chi connectivity index (χ3n) is 3.16. The summed E-state index contributed by atoms with van der Waals surface area (Å²) in [7, 11) is -3.68. The molecule has 2 rings (SSSR count). The standard InChI is InChI=1S/C15H20O4S/c1-3-4-5-6-14-15(19-14)11-18-20(16,17)13-9-7-12(2)8-10-13/h4-5,7-10,14-15H,3,6,11H2,1-2H3/b5-4-/t14-,15+/m1/s1. The maximum absolute atomic E-state index is 12.0. The fourth-order valence-corrected chi connectivity index (χ4v) is 2.78. The fourth-order valence-electron chi connectivity index (χ4n) is 1.86. The van der Waals surface area contributed by atoms with Gasteiger partial charge in [-0.15, -0.1) is 0 Å². The normalized spacial score (nSPS) is 22.3. The van der Waals surface area contributed by atoms with Gasteiger partial charge < -0.3 is 4.74 Å². The molecule has 20 heavy (non-hydrogen) atoms. The van der Waals surface area contributed by atoms with Crippen LogP contribution in [-0.4, -0.2) is 27.2 Å². The van der Waals surface area contributed by atoms with Crippen LogP contribution in [-0.2, 0) is 19.0 Å². The third-order valence-corrected chi connectivity index (χ3v) is 4.45. The first-order chi connectivity index (χ1) is 9.53. The summed E-state index contributed by atoms with van der Waals surface area (Å²) < 4.78 is 34.3. The summed E-state index contributed by atoms with van der Waals surface area (Å²) in [6, 6.07) is 6.62. The fraction of sp³-hybridized carbons (Fsp3) is 0.467. The number of rotatable bonds is 7. The van der Waals surface area contributed by atoms with Gasteiger partial charge in [0.1, 0.15) is 6.10 Å². The van der Waals surface area contributed by atoms with E-state index in [1.54, 1.807) is 24.3 Å². The molecule has 0 amide bonds. The van der Waals surface area contributed by atoms with E-state index in [9.17, 15) is 8.42 Å². The monoisotopic (exact) mass is 296 g/mol. The summed E-state index contributed by atoms with van der Waals surface area (Å²) in [4.78, 5) is 0.186. The van der Waals surface area contributed by atoms with E-state index >= 15 is 0 Å². The maximum Gasteiger partial charge on any atom is 0.297 e. The van der Waals surface area contributed by atoms with Gasteiger partial charge in [-0.3, -0.25) is 4.18 Å². The molecule has 110 valence electrons. The van der Waals surface area contributed by atoms with Gasteiger partial charge in [0.2, 0.25) is 0 Å². The second kappa shape index (κ2) is 6.52. The van der Waals surface area contributed by atoms with Crippen molar-refractivity contribution in [2.75, 3.05) is 6.61 Å². The molecule has 5 heteroatoms. The van der Waals surface area contributed by atoms with Crippen LogP contribution in [0.5, 0.6) is 0 Å². The molecule has 1 aliphatic rings. The van der Waals surface area contributed by atoms with E-state index < -0.39 is 10.1 Å². The molecule has 0 aromatic heterocycles. The Labute approximate surface area is 120 Å². The number of hydrogen-bond donors (Lipinski definition) is 0. The molecule has 0 spiro atoms. The highest BCUT2D eigenvalue weighted by Gasteiger charge is 2.39. The molecule has 4 nitrogen and oxygen atoms in total. The molecule has 1 saturated heterocycles. The number of benzene rings is 1. The van der Waals surface area contributed by atoms with Crippen molar-refractivity contribution in [3.63, 3.8) is 0 Å². The lowest BCUT2D eigenvalue weighted by molar-refractivity contribution is 0.263.